The van der Waals surface area contributed by atoms with Crippen LogP contribution in [0.15, 0.2) is 54.2 Å². The van der Waals surface area contributed by atoms with Gasteiger partial charge in [0.05, 0.1) is 13.2 Å². The van der Waals surface area contributed by atoms with Crippen molar-refractivity contribution in [3.8, 4) is 0 Å². The lowest BCUT2D eigenvalue weighted by Gasteiger charge is -2.21. The molecule has 8 nitrogen and oxygen atoms in total. The first-order valence-corrected chi connectivity index (χ1v) is 10.7. The predicted molar refractivity (Wildman–Crippen MR) is 120 cm³/mol. The van der Waals surface area contributed by atoms with E-state index in [0.717, 1.165) is 5.56 Å². The first kappa shape index (κ1) is 22.7. The smallest absolute Gasteiger partial charge is 0.322 e. The minimum absolute atomic E-state index is 0.246. The third-order valence-corrected chi connectivity index (χ3v) is 5.28. The van der Waals surface area contributed by atoms with Gasteiger partial charge in [-0.2, -0.15) is 0 Å². The molecule has 2 heterocycles. The van der Waals surface area contributed by atoms with Crippen LogP contribution in [0.25, 0.3) is 0 Å². The number of thiazole rings is 1. The monoisotopic (exact) mass is 459 g/mol. The van der Waals surface area contributed by atoms with Crippen molar-refractivity contribution >= 4 is 40.6 Å². The number of methoxy groups -OCH3 is 1. The summed E-state index contributed by atoms with van der Waals surface area (Å²) < 4.78 is 5.12. The van der Waals surface area contributed by atoms with E-state index in [0.29, 0.717) is 41.1 Å². The van der Waals surface area contributed by atoms with Crippen LogP contribution in [0.5, 0.6) is 0 Å². The van der Waals surface area contributed by atoms with Gasteiger partial charge in [0.2, 0.25) is 0 Å². The van der Waals surface area contributed by atoms with Crippen LogP contribution in [0, 0.1) is 0 Å². The number of aromatic nitrogens is 2. The van der Waals surface area contributed by atoms with Crippen LogP contribution >= 0.6 is 22.9 Å². The minimum Gasteiger partial charge on any atom is -0.383 e. The Balaban J connectivity index is 1.61. The number of ether oxygens (including phenoxy) is 1. The molecule has 0 aliphatic carbocycles. The highest BCUT2D eigenvalue weighted by atomic mass is 35.5. The maximum absolute atomic E-state index is 12.7. The first-order chi connectivity index (χ1) is 15.0. The number of hydrogen-bond acceptors (Lipinski definition) is 6. The van der Waals surface area contributed by atoms with Crippen LogP contribution in [0.4, 0.5) is 10.5 Å². The average molecular weight is 460 g/mol. The van der Waals surface area contributed by atoms with E-state index < -0.39 is 0 Å². The highest BCUT2D eigenvalue weighted by Crippen LogP contribution is 2.17. The number of rotatable bonds is 9. The van der Waals surface area contributed by atoms with E-state index in [4.69, 9.17) is 16.3 Å². The van der Waals surface area contributed by atoms with Crippen molar-refractivity contribution in [1.29, 1.82) is 0 Å². The number of carbonyl (C=O) groups excluding carboxylic acids is 2. The van der Waals surface area contributed by atoms with Crippen molar-refractivity contribution in [1.82, 2.24) is 20.2 Å². The summed E-state index contributed by atoms with van der Waals surface area (Å²) >= 11 is 7.30. The van der Waals surface area contributed by atoms with Crippen LogP contribution in [0.3, 0.4) is 0 Å². The van der Waals surface area contributed by atoms with Gasteiger partial charge in [0.1, 0.15) is 10.7 Å². The number of pyridine rings is 1. The van der Waals surface area contributed by atoms with E-state index in [2.05, 4.69) is 20.6 Å². The average Bonchev–Trinajstić information content (AvgIpc) is 3.24. The molecule has 1 aromatic carbocycles. The molecular weight excluding hydrogens is 438 g/mol. The molecule has 10 heteroatoms. The molecule has 0 aliphatic heterocycles. The van der Waals surface area contributed by atoms with Crippen molar-refractivity contribution in [2.75, 3.05) is 25.6 Å². The second-order valence-electron chi connectivity index (χ2n) is 6.53. The SMILES string of the molecule is COCCN(Cc1nc(C(=O)NCc2cccnc2)cs1)C(=O)Nc1cccc(Cl)c1. The topological polar surface area (TPSA) is 96.4 Å². The van der Waals surface area contributed by atoms with E-state index in [-0.39, 0.29) is 18.5 Å². The molecule has 0 aliphatic rings. The van der Waals surface area contributed by atoms with Gasteiger partial charge >= 0.3 is 6.03 Å². The zero-order chi connectivity index (χ0) is 22.1. The van der Waals surface area contributed by atoms with Gasteiger partial charge in [0.15, 0.2) is 0 Å². The quantitative estimate of drug-likeness (QED) is 0.507. The molecule has 162 valence electrons. The zero-order valence-corrected chi connectivity index (χ0v) is 18.4. The fourth-order valence-corrected chi connectivity index (χ4v) is 3.63. The number of carbonyl (C=O) groups is 2. The number of benzene rings is 1. The Morgan fingerprint density at radius 1 is 1.26 bits per heavy atom. The van der Waals surface area contributed by atoms with E-state index in [1.54, 1.807) is 54.0 Å². The molecule has 2 N–H and O–H groups in total. The van der Waals surface area contributed by atoms with E-state index in [1.165, 1.54) is 11.3 Å². The van der Waals surface area contributed by atoms with Gasteiger partial charge in [-0.1, -0.05) is 23.7 Å². The zero-order valence-electron chi connectivity index (χ0n) is 16.9. The number of hydrogen-bond donors (Lipinski definition) is 2. The highest BCUT2D eigenvalue weighted by molar-refractivity contribution is 7.09. The molecule has 0 fully saturated rings. The fraction of sp³-hybridized carbons (Fsp3) is 0.238. The van der Waals surface area contributed by atoms with Crippen molar-refractivity contribution in [3.63, 3.8) is 0 Å². The summed E-state index contributed by atoms with van der Waals surface area (Å²) in [4.78, 5) is 35.1. The normalized spacial score (nSPS) is 10.5. The summed E-state index contributed by atoms with van der Waals surface area (Å²) in [6, 6.07) is 10.3. The largest absolute Gasteiger partial charge is 0.383 e. The Kier molecular flexibility index (Phi) is 8.34. The molecule has 0 bridgehead atoms. The number of amides is 3. The number of anilines is 1. The number of urea groups is 1. The number of halogens is 1. The Morgan fingerprint density at radius 2 is 2.13 bits per heavy atom. The maximum Gasteiger partial charge on any atom is 0.322 e. The van der Waals surface area contributed by atoms with Gasteiger partial charge in [-0.05, 0) is 29.8 Å². The van der Waals surface area contributed by atoms with E-state index >= 15 is 0 Å². The Morgan fingerprint density at radius 3 is 2.87 bits per heavy atom. The second kappa shape index (κ2) is 11.4. The van der Waals surface area contributed by atoms with Gasteiger partial charge in [0.25, 0.3) is 5.91 Å². The third kappa shape index (κ3) is 7.02. The van der Waals surface area contributed by atoms with Gasteiger partial charge in [-0.25, -0.2) is 9.78 Å². The molecule has 0 spiro atoms. The summed E-state index contributed by atoms with van der Waals surface area (Å²) in [6.45, 7) is 1.34. The highest BCUT2D eigenvalue weighted by Gasteiger charge is 2.18. The van der Waals surface area contributed by atoms with Crippen LogP contribution < -0.4 is 10.6 Å². The molecule has 3 rings (SSSR count). The van der Waals surface area contributed by atoms with Gasteiger partial charge < -0.3 is 20.3 Å². The molecular formula is C21H22ClN5O3S. The van der Waals surface area contributed by atoms with E-state index in [1.807, 2.05) is 12.1 Å². The summed E-state index contributed by atoms with van der Waals surface area (Å²) in [6.07, 6.45) is 3.37. The third-order valence-electron chi connectivity index (χ3n) is 4.21. The molecule has 3 amide bonds. The minimum atomic E-state index is -0.308. The van der Waals surface area contributed by atoms with Gasteiger partial charge in [-0.15, -0.1) is 11.3 Å². The lowest BCUT2D eigenvalue weighted by atomic mass is 10.3. The number of nitrogens with zero attached hydrogens (tertiary/aromatic N) is 3. The molecule has 3 aromatic rings. The van der Waals surface area contributed by atoms with Crippen LogP contribution in [-0.2, 0) is 17.8 Å². The van der Waals surface area contributed by atoms with Crippen molar-refractivity contribution in [2.24, 2.45) is 0 Å². The molecule has 0 unspecified atom stereocenters. The standard InChI is InChI=1S/C21H22ClN5O3S/c1-30-9-8-27(21(29)25-17-6-2-5-16(22)10-17)13-19-26-18(14-31-19)20(28)24-12-15-4-3-7-23-11-15/h2-7,10-11,14H,8-9,12-13H2,1H3,(H,24,28)(H,25,29). The van der Waals surface area contributed by atoms with Crippen LogP contribution in [-0.4, -0.2) is 47.1 Å². The molecule has 0 saturated heterocycles. The predicted octanol–water partition coefficient (Wildman–Crippen LogP) is 3.80. The number of nitrogens with one attached hydrogen (secondary N) is 2. The Bertz CT molecular complexity index is 1020. The Hall–Kier alpha value is -3.01. The summed E-state index contributed by atoms with van der Waals surface area (Å²) in [7, 11) is 1.57. The van der Waals surface area contributed by atoms with Crippen LogP contribution in [0.1, 0.15) is 21.1 Å². The summed E-state index contributed by atoms with van der Waals surface area (Å²) in [5.41, 5.74) is 1.80. The second-order valence-corrected chi connectivity index (χ2v) is 7.90. The molecule has 0 saturated carbocycles. The van der Waals surface area contributed by atoms with Crippen molar-refractivity contribution in [2.45, 2.75) is 13.1 Å². The Labute approximate surface area is 189 Å². The van der Waals surface area contributed by atoms with E-state index in [9.17, 15) is 9.59 Å². The van der Waals surface area contributed by atoms with Crippen molar-refractivity contribution < 1.29 is 14.3 Å². The van der Waals surface area contributed by atoms with Gasteiger partial charge in [0, 0.05) is 48.7 Å². The molecule has 2 aromatic heterocycles. The molecule has 0 atom stereocenters. The lowest BCUT2D eigenvalue weighted by Crippen LogP contribution is -2.36. The molecule has 0 radical (unpaired) electrons. The maximum atomic E-state index is 12.7. The first-order valence-electron chi connectivity index (χ1n) is 9.47. The van der Waals surface area contributed by atoms with Crippen LogP contribution in [0.2, 0.25) is 5.02 Å². The van der Waals surface area contributed by atoms with Gasteiger partial charge in [-0.3, -0.25) is 9.78 Å². The van der Waals surface area contributed by atoms with Crippen molar-refractivity contribution in [3.05, 3.63) is 75.5 Å². The lowest BCUT2D eigenvalue weighted by molar-refractivity contribution is 0.0946. The molecule has 31 heavy (non-hydrogen) atoms. The summed E-state index contributed by atoms with van der Waals surface area (Å²) in [5, 5.41) is 8.49. The fourth-order valence-electron chi connectivity index (χ4n) is 2.65. The summed E-state index contributed by atoms with van der Waals surface area (Å²) in [5.74, 6) is -0.279.